The van der Waals surface area contributed by atoms with E-state index in [0.29, 0.717) is 17.8 Å². The van der Waals surface area contributed by atoms with Crippen molar-refractivity contribution in [3.63, 3.8) is 0 Å². The molecule has 1 N–H and O–H groups in total. The van der Waals surface area contributed by atoms with Crippen LogP contribution in [0, 0.1) is 6.92 Å². The summed E-state index contributed by atoms with van der Waals surface area (Å²) in [5.74, 6) is 0.903. The minimum atomic E-state index is -4.43. The molecule has 28 heavy (non-hydrogen) atoms. The number of aliphatic hydroxyl groups is 1. The maximum Gasteiger partial charge on any atom is 0.416 e. The van der Waals surface area contributed by atoms with Gasteiger partial charge < -0.3 is 5.11 Å². The van der Waals surface area contributed by atoms with Gasteiger partial charge >= 0.3 is 6.18 Å². The molecule has 4 rings (SSSR count). The second-order valence-electron chi connectivity index (χ2n) is 7.71. The van der Waals surface area contributed by atoms with Crippen molar-refractivity contribution in [2.24, 2.45) is 0 Å². The third-order valence-electron chi connectivity index (χ3n) is 5.68. The van der Waals surface area contributed by atoms with E-state index in [1.54, 1.807) is 11.0 Å². The van der Waals surface area contributed by atoms with E-state index in [-0.39, 0.29) is 0 Å². The number of benzene rings is 2. The number of hydrogen-bond donors (Lipinski definition) is 1. The smallest absolute Gasteiger partial charge is 0.346 e. The van der Waals surface area contributed by atoms with Gasteiger partial charge in [-0.15, -0.1) is 0 Å². The van der Waals surface area contributed by atoms with Crippen LogP contribution in [0.15, 0.2) is 48.5 Å². The van der Waals surface area contributed by atoms with Crippen LogP contribution in [0.1, 0.15) is 42.4 Å². The molecular formula is C22H24F3N2O+. The maximum absolute atomic E-state index is 13.3. The first-order valence-electron chi connectivity index (χ1n) is 9.67. The Morgan fingerprint density at radius 1 is 1.04 bits per heavy atom. The molecule has 0 spiro atoms. The third kappa shape index (κ3) is 3.30. The molecule has 1 atom stereocenters. The summed E-state index contributed by atoms with van der Waals surface area (Å²) in [5, 5.41) is 11.8. The van der Waals surface area contributed by atoms with E-state index >= 15 is 0 Å². The number of rotatable bonds is 2. The highest BCUT2D eigenvalue weighted by Crippen LogP contribution is 2.40. The van der Waals surface area contributed by atoms with Gasteiger partial charge in [-0.2, -0.15) is 18.1 Å². The summed E-state index contributed by atoms with van der Waals surface area (Å²) >= 11 is 0. The van der Waals surface area contributed by atoms with Crippen LogP contribution >= 0.6 is 0 Å². The highest BCUT2D eigenvalue weighted by atomic mass is 19.4. The topological polar surface area (TPSA) is 26.5 Å². The Morgan fingerprint density at radius 3 is 2.50 bits per heavy atom. The van der Waals surface area contributed by atoms with Crippen molar-refractivity contribution >= 4 is 11.5 Å². The van der Waals surface area contributed by atoms with E-state index in [9.17, 15) is 18.3 Å². The lowest BCUT2D eigenvalue weighted by Crippen LogP contribution is -2.47. The normalized spacial score (nSPS) is 23.0. The molecule has 0 aromatic heterocycles. The molecule has 6 heteroatoms. The molecule has 2 aromatic carbocycles. The van der Waals surface area contributed by atoms with E-state index in [4.69, 9.17) is 0 Å². The Bertz CT molecular complexity index is 905. The molecule has 0 fully saturated rings. The fourth-order valence-corrected chi connectivity index (χ4v) is 4.25. The molecule has 0 saturated heterocycles. The maximum atomic E-state index is 13.3. The standard InChI is InChI=1S/C22H24F3N2O/c1-16-9-11-17(12-10-16)21(28)15-26-13-4-2-3-8-20(26)27(21)19-7-5-6-18(14-19)22(23,24)25/h5-7,9-12,14,28H,2-4,8,13,15H2,1H3/q+1. The summed E-state index contributed by atoms with van der Waals surface area (Å²) in [6.45, 7) is 3.12. The molecule has 1 unspecified atom stereocenters. The van der Waals surface area contributed by atoms with Gasteiger partial charge in [0.2, 0.25) is 0 Å². The molecule has 0 amide bonds. The first-order valence-corrected chi connectivity index (χ1v) is 9.67. The Hall–Kier alpha value is -2.34. The summed E-state index contributed by atoms with van der Waals surface area (Å²) in [7, 11) is 0. The van der Waals surface area contributed by atoms with Crippen molar-refractivity contribution in [1.29, 1.82) is 0 Å². The number of halogens is 3. The van der Waals surface area contributed by atoms with Gasteiger partial charge in [-0.3, -0.25) is 4.58 Å². The lowest BCUT2D eigenvalue weighted by atomic mass is 9.98. The molecule has 0 bridgehead atoms. The summed E-state index contributed by atoms with van der Waals surface area (Å²) in [6, 6.07) is 12.8. The zero-order chi connectivity index (χ0) is 19.9. The first kappa shape index (κ1) is 19.0. The number of alkyl halides is 3. The second-order valence-corrected chi connectivity index (χ2v) is 7.71. The number of hydrogen-bond acceptors (Lipinski definition) is 2. The van der Waals surface area contributed by atoms with E-state index < -0.39 is 17.5 Å². The fourth-order valence-electron chi connectivity index (χ4n) is 4.25. The van der Waals surface area contributed by atoms with Crippen LogP contribution < -0.4 is 4.90 Å². The highest BCUT2D eigenvalue weighted by molar-refractivity contribution is 5.97. The minimum Gasteiger partial charge on any atom is -0.346 e. The van der Waals surface area contributed by atoms with Crippen molar-refractivity contribution in [3.05, 3.63) is 65.2 Å². The van der Waals surface area contributed by atoms with Crippen molar-refractivity contribution < 1.29 is 22.9 Å². The second kappa shape index (κ2) is 6.92. The van der Waals surface area contributed by atoms with Crippen LogP contribution in [-0.2, 0) is 11.9 Å². The van der Waals surface area contributed by atoms with Crippen LogP contribution in [0.4, 0.5) is 18.9 Å². The largest absolute Gasteiger partial charge is 0.416 e. The van der Waals surface area contributed by atoms with Crippen molar-refractivity contribution in [2.45, 2.75) is 44.5 Å². The molecule has 2 heterocycles. The van der Waals surface area contributed by atoms with E-state index in [1.165, 1.54) is 6.07 Å². The van der Waals surface area contributed by atoms with Crippen molar-refractivity contribution in [1.82, 2.24) is 0 Å². The van der Waals surface area contributed by atoms with Crippen molar-refractivity contribution in [3.8, 4) is 0 Å². The van der Waals surface area contributed by atoms with Crippen LogP contribution in [0.25, 0.3) is 0 Å². The van der Waals surface area contributed by atoms with E-state index in [0.717, 1.165) is 55.8 Å². The predicted molar refractivity (Wildman–Crippen MR) is 102 cm³/mol. The summed E-state index contributed by atoms with van der Waals surface area (Å²) in [6.07, 6.45) is -0.621. The number of amidine groups is 1. The van der Waals surface area contributed by atoms with Crippen LogP contribution in [0.2, 0.25) is 0 Å². The van der Waals surface area contributed by atoms with Crippen molar-refractivity contribution in [2.75, 3.05) is 18.0 Å². The fraction of sp³-hybridized carbons (Fsp3) is 0.409. The van der Waals surface area contributed by atoms with Crippen LogP contribution in [0.5, 0.6) is 0 Å². The molecule has 3 nitrogen and oxygen atoms in total. The minimum absolute atomic E-state index is 0.349. The SMILES string of the molecule is Cc1ccc(C2(O)C[N+]3=C(CCCCC3)N2c2cccc(C(F)(F)F)c2)cc1. The summed E-state index contributed by atoms with van der Waals surface area (Å²) < 4.78 is 42.1. The summed E-state index contributed by atoms with van der Waals surface area (Å²) in [4.78, 5) is 1.72. The average Bonchev–Trinajstić information content (AvgIpc) is 2.78. The van der Waals surface area contributed by atoms with Crippen LogP contribution in [-0.4, -0.2) is 28.6 Å². The Kier molecular flexibility index (Phi) is 4.70. The molecule has 148 valence electrons. The zero-order valence-corrected chi connectivity index (χ0v) is 15.8. The van der Waals surface area contributed by atoms with Gasteiger partial charge in [0.05, 0.1) is 12.1 Å². The van der Waals surface area contributed by atoms with E-state index in [1.807, 2.05) is 31.2 Å². The van der Waals surface area contributed by atoms with Gasteiger partial charge in [0.15, 0.2) is 6.54 Å². The van der Waals surface area contributed by atoms with Gasteiger partial charge in [-0.25, -0.2) is 0 Å². The molecule has 0 aliphatic carbocycles. The highest BCUT2D eigenvalue weighted by Gasteiger charge is 2.54. The molecule has 2 aliphatic heterocycles. The molecule has 0 radical (unpaired) electrons. The Balaban J connectivity index is 1.85. The molecular weight excluding hydrogens is 365 g/mol. The molecule has 2 aromatic rings. The number of aryl methyl sites for hydroxylation is 1. The van der Waals surface area contributed by atoms with E-state index in [2.05, 4.69) is 4.58 Å². The lowest BCUT2D eigenvalue weighted by Gasteiger charge is -2.29. The third-order valence-corrected chi connectivity index (χ3v) is 5.68. The lowest BCUT2D eigenvalue weighted by molar-refractivity contribution is -0.534. The van der Waals surface area contributed by atoms with Gasteiger partial charge in [0, 0.05) is 12.0 Å². The monoisotopic (exact) mass is 389 g/mol. The quantitative estimate of drug-likeness (QED) is 0.756. The van der Waals surface area contributed by atoms with Gasteiger partial charge in [-0.05, 0) is 44.4 Å². The van der Waals surface area contributed by atoms with Gasteiger partial charge in [0.25, 0.3) is 11.6 Å². The first-order chi connectivity index (χ1) is 13.3. The zero-order valence-electron chi connectivity index (χ0n) is 15.8. The van der Waals surface area contributed by atoms with Crippen LogP contribution in [0.3, 0.4) is 0 Å². The predicted octanol–water partition coefficient (Wildman–Crippen LogP) is 4.66. The Labute approximate surface area is 162 Å². The van der Waals surface area contributed by atoms with Gasteiger partial charge in [0.1, 0.15) is 5.69 Å². The summed E-state index contributed by atoms with van der Waals surface area (Å²) in [5.41, 5.74) is 0.0281. The number of nitrogens with zero attached hydrogens (tertiary/aromatic N) is 2. The molecule has 0 saturated carbocycles. The Morgan fingerprint density at radius 2 is 1.79 bits per heavy atom. The average molecular weight is 389 g/mol. The van der Waals surface area contributed by atoms with Gasteiger partial charge in [-0.1, -0.05) is 35.9 Å². The molecule has 2 aliphatic rings. The number of anilines is 1.